The molecule has 72 valence electrons. The number of nitro groups is 1. The van der Waals surface area contributed by atoms with E-state index in [9.17, 15) is 19.8 Å². The van der Waals surface area contributed by atoms with Crippen LogP contribution in [0.2, 0.25) is 0 Å². The number of amides is 1. The van der Waals surface area contributed by atoms with Crippen molar-refractivity contribution in [1.29, 1.82) is 0 Å². The predicted octanol–water partition coefficient (Wildman–Crippen LogP) is 2.26. The van der Waals surface area contributed by atoms with Crippen molar-refractivity contribution in [2.45, 2.75) is 0 Å². The van der Waals surface area contributed by atoms with Crippen molar-refractivity contribution in [2.75, 3.05) is 0 Å². The van der Waals surface area contributed by atoms with E-state index >= 15 is 0 Å². The minimum atomic E-state index is -1.04. The van der Waals surface area contributed by atoms with E-state index in [4.69, 9.17) is 0 Å². The average molecular weight is 259 g/mol. The topological polar surface area (TPSA) is 89.6 Å². The lowest BCUT2D eigenvalue weighted by Gasteiger charge is -1.98. The third-order valence-corrected chi connectivity index (χ3v) is 2.32. The Morgan fingerprint density at radius 3 is 2.64 bits per heavy atom. The highest BCUT2D eigenvalue weighted by Gasteiger charge is 2.19. The van der Waals surface area contributed by atoms with Gasteiger partial charge in [-0.1, -0.05) is 6.07 Å². The Morgan fingerprint density at radius 2 is 2.14 bits per heavy atom. The van der Waals surface area contributed by atoms with E-state index in [0.717, 1.165) is 0 Å². The largest absolute Gasteiger partial charge is 0.318 e. The van der Waals surface area contributed by atoms with Crippen LogP contribution in [-0.2, 0) is 0 Å². The highest BCUT2D eigenvalue weighted by atomic mass is 79.9. The van der Waals surface area contributed by atoms with Crippen molar-refractivity contribution in [3.8, 4) is 0 Å². The van der Waals surface area contributed by atoms with Gasteiger partial charge in [-0.2, -0.15) is 0 Å². The molecule has 1 aromatic carbocycles. The number of carbonyl (C=O) groups is 1. The van der Waals surface area contributed by atoms with E-state index in [2.05, 4.69) is 21.1 Å². The van der Waals surface area contributed by atoms with Gasteiger partial charge in [0.15, 0.2) is 0 Å². The molecule has 7 heteroatoms. The van der Waals surface area contributed by atoms with Gasteiger partial charge in [-0.3, -0.25) is 14.9 Å². The summed E-state index contributed by atoms with van der Waals surface area (Å²) in [6, 6.07) is 3.80. The summed E-state index contributed by atoms with van der Waals surface area (Å²) >= 11 is 2.86. The molecule has 0 aliphatic carbocycles. The number of nitro benzene ring substituents is 1. The van der Waals surface area contributed by atoms with Crippen LogP contribution < -0.4 is 0 Å². The molecule has 1 amide bonds. The zero-order valence-corrected chi connectivity index (χ0v) is 8.22. The van der Waals surface area contributed by atoms with Crippen LogP contribution >= 0.6 is 15.9 Å². The van der Waals surface area contributed by atoms with Crippen molar-refractivity contribution >= 4 is 27.5 Å². The summed E-state index contributed by atoms with van der Waals surface area (Å²) in [5, 5.41) is 12.6. The van der Waals surface area contributed by atoms with Crippen LogP contribution in [0.4, 0.5) is 5.69 Å². The first-order valence-electron chi connectivity index (χ1n) is 3.38. The summed E-state index contributed by atoms with van der Waals surface area (Å²) < 4.78 is -0.0328. The van der Waals surface area contributed by atoms with E-state index in [1.807, 2.05) is 0 Å². The van der Waals surface area contributed by atoms with Gasteiger partial charge in [0.1, 0.15) is 4.47 Å². The molecule has 0 saturated carbocycles. The summed E-state index contributed by atoms with van der Waals surface area (Å²) in [7, 11) is 0. The van der Waals surface area contributed by atoms with Gasteiger partial charge < -0.3 is 0 Å². The van der Waals surface area contributed by atoms with Gasteiger partial charge in [-0.15, -0.1) is 4.91 Å². The number of benzene rings is 1. The molecular formula is C7H3BrN2O4. The van der Waals surface area contributed by atoms with E-state index < -0.39 is 10.8 Å². The summed E-state index contributed by atoms with van der Waals surface area (Å²) in [6.07, 6.45) is 0. The van der Waals surface area contributed by atoms with Gasteiger partial charge in [0.2, 0.25) is 0 Å². The molecule has 1 aromatic rings. The van der Waals surface area contributed by atoms with Gasteiger partial charge in [0, 0.05) is 11.2 Å². The summed E-state index contributed by atoms with van der Waals surface area (Å²) in [5.74, 6) is -1.04. The minimum absolute atomic E-state index is 0.0328. The lowest BCUT2D eigenvalue weighted by molar-refractivity contribution is -0.385. The first kappa shape index (κ1) is 10.5. The number of hydrogen-bond donors (Lipinski definition) is 0. The zero-order chi connectivity index (χ0) is 10.7. The lowest BCUT2D eigenvalue weighted by atomic mass is 10.2. The normalized spacial score (nSPS) is 9.50. The Morgan fingerprint density at radius 1 is 1.50 bits per heavy atom. The van der Waals surface area contributed by atoms with Crippen molar-refractivity contribution in [3.63, 3.8) is 0 Å². The Kier molecular flexibility index (Phi) is 3.03. The second-order valence-electron chi connectivity index (χ2n) is 2.29. The molecule has 0 atom stereocenters. The maximum absolute atomic E-state index is 10.9. The van der Waals surface area contributed by atoms with Crippen LogP contribution in [0.15, 0.2) is 27.8 Å². The van der Waals surface area contributed by atoms with Crippen molar-refractivity contribution in [1.82, 2.24) is 0 Å². The third-order valence-electron chi connectivity index (χ3n) is 1.49. The zero-order valence-electron chi connectivity index (χ0n) is 6.64. The summed E-state index contributed by atoms with van der Waals surface area (Å²) in [5.41, 5.74) is -0.395. The molecule has 1 rings (SSSR count). The molecule has 14 heavy (non-hydrogen) atoms. The monoisotopic (exact) mass is 258 g/mol. The fourth-order valence-electron chi connectivity index (χ4n) is 0.875. The van der Waals surface area contributed by atoms with E-state index in [1.54, 1.807) is 0 Å². The second-order valence-corrected chi connectivity index (χ2v) is 3.09. The van der Waals surface area contributed by atoms with Crippen LogP contribution in [0.3, 0.4) is 0 Å². The highest BCUT2D eigenvalue weighted by Crippen LogP contribution is 2.28. The number of rotatable bonds is 2. The van der Waals surface area contributed by atoms with E-state index in [0.29, 0.717) is 0 Å². The highest BCUT2D eigenvalue weighted by molar-refractivity contribution is 9.10. The Hall–Kier alpha value is -1.63. The smallest absolute Gasteiger partial charge is 0.263 e. The Labute approximate surface area is 86.2 Å². The number of carbonyl (C=O) groups excluding carboxylic acids is 1. The van der Waals surface area contributed by atoms with E-state index in [1.165, 1.54) is 18.2 Å². The summed E-state index contributed by atoms with van der Waals surface area (Å²) in [6.45, 7) is 0. The third kappa shape index (κ3) is 1.82. The molecule has 0 N–H and O–H groups in total. The van der Waals surface area contributed by atoms with Crippen LogP contribution in [0.1, 0.15) is 10.4 Å². The molecule has 0 fully saturated rings. The molecule has 6 nitrogen and oxygen atoms in total. The molecule has 0 spiro atoms. The second kappa shape index (κ2) is 4.05. The fraction of sp³-hybridized carbons (Fsp3) is 0. The summed E-state index contributed by atoms with van der Waals surface area (Å²) in [4.78, 5) is 30.6. The Balaban J connectivity index is 3.34. The molecule has 0 aliphatic rings. The average Bonchev–Trinajstić information content (AvgIpc) is 2.16. The number of nitroso groups, excluding NO2 is 1. The van der Waals surface area contributed by atoms with Gasteiger partial charge in [-0.05, 0) is 22.0 Å². The Bertz CT molecular complexity index is 418. The molecule has 0 aromatic heterocycles. The van der Waals surface area contributed by atoms with Crippen molar-refractivity contribution in [3.05, 3.63) is 43.3 Å². The maximum atomic E-state index is 10.9. The van der Waals surface area contributed by atoms with Gasteiger partial charge in [-0.25, -0.2) is 0 Å². The van der Waals surface area contributed by atoms with Crippen LogP contribution in [0, 0.1) is 15.0 Å². The van der Waals surface area contributed by atoms with Crippen LogP contribution in [0.25, 0.3) is 0 Å². The molecular weight excluding hydrogens is 256 g/mol. The molecule has 0 bridgehead atoms. The first-order valence-corrected chi connectivity index (χ1v) is 4.18. The van der Waals surface area contributed by atoms with Gasteiger partial charge in [0.05, 0.1) is 10.5 Å². The van der Waals surface area contributed by atoms with Crippen LogP contribution in [0.5, 0.6) is 0 Å². The SMILES string of the molecule is O=NC(=O)c1cccc([N+](=O)[O-])c1Br. The molecule has 0 heterocycles. The molecule has 0 aliphatic heterocycles. The number of halogens is 1. The van der Waals surface area contributed by atoms with Gasteiger partial charge >= 0.3 is 5.91 Å². The first-order chi connectivity index (χ1) is 6.57. The minimum Gasteiger partial charge on any atom is -0.263 e. The van der Waals surface area contributed by atoms with E-state index in [-0.39, 0.29) is 15.7 Å². The molecule has 0 saturated heterocycles. The number of nitrogens with zero attached hydrogens (tertiary/aromatic N) is 2. The van der Waals surface area contributed by atoms with Crippen molar-refractivity contribution in [2.24, 2.45) is 5.18 Å². The molecule has 0 radical (unpaired) electrons. The fourth-order valence-corrected chi connectivity index (χ4v) is 1.45. The predicted molar refractivity (Wildman–Crippen MR) is 50.9 cm³/mol. The number of hydrogen-bond acceptors (Lipinski definition) is 4. The standard InChI is InChI=1S/C7H3BrN2O4/c8-6-4(7(11)9-12)2-1-3-5(6)10(13)14/h1-3H. The van der Waals surface area contributed by atoms with Gasteiger partial charge in [0.25, 0.3) is 5.69 Å². The van der Waals surface area contributed by atoms with Crippen LogP contribution in [-0.4, -0.2) is 10.8 Å². The molecule has 0 unspecified atom stereocenters. The lowest BCUT2D eigenvalue weighted by Crippen LogP contribution is -1.98. The maximum Gasteiger partial charge on any atom is 0.318 e. The van der Waals surface area contributed by atoms with Crippen molar-refractivity contribution < 1.29 is 9.72 Å². The quantitative estimate of drug-likeness (QED) is 0.462.